The van der Waals surface area contributed by atoms with Gasteiger partial charge in [-0.25, -0.2) is 4.79 Å². The molecule has 1 aliphatic rings. The topological polar surface area (TPSA) is 93.6 Å². The standard InChI is InChI=1S/C15H25FN2O5Si/c1-15(2,3)24(4,5)23-10-6-12(22-11(10)8-19)18-7-9(16)13(20)17-14(18)21/h7,10-12,19H,6,8H2,1-5H3,(H,17,20,21)/t10?,11-,12-/m0/s1. The van der Waals surface area contributed by atoms with Crippen LogP contribution < -0.4 is 11.2 Å². The number of nitrogens with zero attached hydrogens (tertiary/aromatic N) is 1. The zero-order valence-corrected chi connectivity index (χ0v) is 15.6. The molecule has 2 heterocycles. The Kier molecular flexibility index (Phi) is 5.19. The number of H-pyrrole nitrogens is 1. The van der Waals surface area contributed by atoms with E-state index in [2.05, 4.69) is 33.9 Å². The molecule has 0 aliphatic carbocycles. The highest BCUT2D eigenvalue weighted by atomic mass is 28.4. The molecule has 0 spiro atoms. The Labute approximate surface area is 140 Å². The lowest BCUT2D eigenvalue weighted by atomic mass is 10.2. The summed E-state index contributed by atoms with van der Waals surface area (Å²) in [5.41, 5.74) is -1.82. The van der Waals surface area contributed by atoms with E-state index >= 15 is 0 Å². The van der Waals surface area contributed by atoms with E-state index in [1.54, 1.807) is 0 Å². The molecule has 0 amide bonds. The van der Waals surface area contributed by atoms with Crippen LogP contribution in [-0.4, -0.2) is 41.8 Å². The molecule has 1 aromatic rings. The van der Waals surface area contributed by atoms with Crippen molar-refractivity contribution < 1.29 is 18.7 Å². The summed E-state index contributed by atoms with van der Waals surface area (Å²) < 4.78 is 26.4. The lowest BCUT2D eigenvalue weighted by Crippen LogP contribution is -2.46. The van der Waals surface area contributed by atoms with Gasteiger partial charge in [-0.1, -0.05) is 20.8 Å². The van der Waals surface area contributed by atoms with Crippen molar-refractivity contribution in [3.05, 3.63) is 32.9 Å². The highest BCUT2D eigenvalue weighted by Crippen LogP contribution is 2.40. The molecular formula is C15H25FN2O5Si. The Morgan fingerprint density at radius 1 is 1.46 bits per heavy atom. The predicted molar refractivity (Wildman–Crippen MR) is 89.0 cm³/mol. The Morgan fingerprint density at radius 3 is 2.62 bits per heavy atom. The average Bonchev–Trinajstić information content (AvgIpc) is 2.83. The molecular weight excluding hydrogens is 335 g/mol. The summed E-state index contributed by atoms with van der Waals surface area (Å²) in [4.78, 5) is 24.9. The van der Waals surface area contributed by atoms with Crippen molar-refractivity contribution in [2.45, 2.75) is 63.8 Å². The van der Waals surface area contributed by atoms with Crippen LogP contribution in [-0.2, 0) is 9.16 Å². The molecule has 9 heteroatoms. The van der Waals surface area contributed by atoms with Crippen molar-refractivity contribution >= 4 is 8.32 Å². The summed E-state index contributed by atoms with van der Waals surface area (Å²) in [5, 5.41) is 9.54. The van der Waals surface area contributed by atoms with Crippen molar-refractivity contribution in [2.75, 3.05) is 6.61 Å². The molecule has 0 saturated carbocycles. The number of aliphatic hydroxyl groups excluding tert-OH is 1. The van der Waals surface area contributed by atoms with Gasteiger partial charge in [0, 0.05) is 6.42 Å². The number of aromatic nitrogens is 2. The largest absolute Gasteiger partial charge is 0.411 e. The number of rotatable bonds is 4. The number of aliphatic hydroxyl groups is 1. The number of hydrogen-bond donors (Lipinski definition) is 2. The lowest BCUT2D eigenvalue weighted by Gasteiger charge is -2.39. The van der Waals surface area contributed by atoms with Crippen LogP contribution in [0.4, 0.5) is 4.39 Å². The van der Waals surface area contributed by atoms with Gasteiger partial charge in [0.1, 0.15) is 12.3 Å². The number of halogens is 1. The van der Waals surface area contributed by atoms with Crippen molar-refractivity contribution in [3.8, 4) is 0 Å². The van der Waals surface area contributed by atoms with Crippen LogP contribution in [0.1, 0.15) is 33.4 Å². The molecule has 0 bridgehead atoms. The van der Waals surface area contributed by atoms with Crippen LogP contribution in [0, 0.1) is 5.82 Å². The molecule has 7 nitrogen and oxygen atoms in total. The fourth-order valence-corrected chi connectivity index (χ4v) is 3.75. The summed E-state index contributed by atoms with van der Waals surface area (Å²) in [6.45, 7) is 10.2. The lowest BCUT2D eigenvalue weighted by molar-refractivity contribution is -0.0441. The van der Waals surface area contributed by atoms with E-state index in [-0.39, 0.29) is 11.6 Å². The SMILES string of the molecule is CC(C)(C)[Si](C)(C)OC1C[C@@H](n2cc(F)c(=O)[nH]c2=O)O[C@H]1CO. The minimum Gasteiger partial charge on any atom is -0.411 e. The first-order valence-electron chi connectivity index (χ1n) is 7.91. The second-order valence-electron chi connectivity index (χ2n) is 7.61. The quantitative estimate of drug-likeness (QED) is 0.791. The van der Waals surface area contributed by atoms with Gasteiger partial charge in [0.25, 0.3) is 5.56 Å². The zero-order valence-electron chi connectivity index (χ0n) is 14.6. The molecule has 136 valence electrons. The van der Waals surface area contributed by atoms with Gasteiger partial charge in [-0.2, -0.15) is 4.39 Å². The maximum absolute atomic E-state index is 13.5. The van der Waals surface area contributed by atoms with Gasteiger partial charge in [0.15, 0.2) is 8.32 Å². The highest BCUT2D eigenvalue weighted by Gasteiger charge is 2.45. The Bertz CT molecular complexity index is 709. The molecule has 1 fully saturated rings. The second kappa shape index (κ2) is 6.55. The van der Waals surface area contributed by atoms with E-state index in [0.29, 0.717) is 6.42 Å². The van der Waals surface area contributed by atoms with E-state index in [1.807, 2.05) is 4.98 Å². The third kappa shape index (κ3) is 3.69. The molecule has 0 aromatic carbocycles. The fourth-order valence-electron chi connectivity index (χ4n) is 2.39. The van der Waals surface area contributed by atoms with Gasteiger partial charge in [0.2, 0.25) is 5.82 Å². The maximum atomic E-state index is 13.5. The number of nitrogens with one attached hydrogen (secondary N) is 1. The molecule has 1 unspecified atom stereocenters. The third-order valence-electron chi connectivity index (χ3n) is 4.85. The van der Waals surface area contributed by atoms with Crippen molar-refractivity contribution in [1.29, 1.82) is 0 Å². The Hall–Kier alpha value is -1.29. The van der Waals surface area contributed by atoms with Crippen molar-refractivity contribution in [1.82, 2.24) is 9.55 Å². The number of aromatic amines is 1. The van der Waals surface area contributed by atoms with Gasteiger partial charge in [0.05, 0.1) is 18.9 Å². The first-order valence-corrected chi connectivity index (χ1v) is 10.8. The van der Waals surface area contributed by atoms with Crippen LogP contribution in [0.25, 0.3) is 0 Å². The summed E-state index contributed by atoms with van der Waals surface area (Å²) in [7, 11) is -2.10. The second-order valence-corrected chi connectivity index (χ2v) is 12.4. The number of hydrogen-bond acceptors (Lipinski definition) is 5. The van der Waals surface area contributed by atoms with Crippen molar-refractivity contribution in [2.24, 2.45) is 0 Å². The van der Waals surface area contributed by atoms with Crippen LogP contribution in [0.2, 0.25) is 18.1 Å². The van der Waals surface area contributed by atoms with Gasteiger partial charge in [-0.15, -0.1) is 0 Å². The normalized spacial score (nSPS) is 25.2. The Morgan fingerprint density at radius 2 is 2.08 bits per heavy atom. The summed E-state index contributed by atoms with van der Waals surface area (Å²) in [5.74, 6) is -1.06. The van der Waals surface area contributed by atoms with Crippen LogP contribution in [0.5, 0.6) is 0 Å². The van der Waals surface area contributed by atoms with Gasteiger partial charge < -0.3 is 14.3 Å². The monoisotopic (exact) mass is 360 g/mol. The molecule has 0 radical (unpaired) electrons. The predicted octanol–water partition coefficient (Wildman–Crippen LogP) is 1.35. The van der Waals surface area contributed by atoms with E-state index in [9.17, 15) is 19.1 Å². The first kappa shape index (κ1) is 19.0. The molecule has 1 aromatic heterocycles. The highest BCUT2D eigenvalue weighted by molar-refractivity contribution is 6.74. The smallest absolute Gasteiger partial charge is 0.330 e. The molecule has 1 aliphatic heterocycles. The van der Waals surface area contributed by atoms with Crippen LogP contribution >= 0.6 is 0 Å². The van der Waals surface area contributed by atoms with Gasteiger partial charge in [-0.05, 0) is 18.1 Å². The molecule has 2 N–H and O–H groups in total. The van der Waals surface area contributed by atoms with Crippen LogP contribution in [0.15, 0.2) is 15.8 Å². The molecule has 2 rings (SSSR count). The summed E-state index contributed by atoms with van der Waals surface area (Å²) in [6, 6.07) is 0. The zero-order chi connectivity index (χ0) is 18.3. The fraction of sp³-hybridized carbons (Fsp3) is 0.733. The maximum Gasteiger partial charge on any atom is 0.330 e. The Balaban J connectivity index is 2.25. The molecule has 24 heavy (non-hydrogen) atoms. The van der Waals surface area contributed by atoms with E-state index in [4.69, 9.17) is 9.16 Å². The van der Waals surface area contributed by atoms with E-state index < -0.39 is 43.8 Å². The van der Waals surface area contributed by atoms with Gasteiger partial charge >= 0.3 is 5.69 Å². The van der Waals surface area contributed by atoms with Crippen molar-refractivity contribution in [3.63, 3.8) is 0 Å². The number of ether oxygens (including phenoxy) is 1. The summed E-state index contributed by atoms with van der Waals surface area (Å²) >= 11 is 0. The van der Waals surface area contributed by atoms with E-state index in [1.165, 1.54) is 0 Å². The molecule has 1 saturated heterocycles. The average molecular weight is 360 g/mol. The minimum atomic E-state index is -2.10. The minimum absolute atomic E-state index is 0.0218. The van der Waals surface area contributed by atoms with Gasteiger partial charge in [-0.3, -0.25) is 14.3 Å². The summed E-state index contributed by atoms with van der Waals surface area (Å²) in [6.07, 6.45) is -0.678. The third-order valence-corrected chi connectivity index (χ3v) is 9.35. The van der Waals surface area contributed by atoms with E-state index in [0.717, 1.165) is 10.8 Å². The first-order chi connectivity index (χ1) is 11.0. The molecule has 3 atom stereocenters. The van der Waals surface area contributed by atoms with Crippen LogP contribution in [0.3, 0.4) is 0 Å².